The first-order chi connectivity index (χ1) is 5.49. The second-order valence-electron chi connectivity index (χ2n) is 2.46. The molecular weight excluding hydrogens is 180 g/mol. The predicted octanol–water partition coefficient (Wildman–Crippen LogP) is -0.104. The molecule has 5 nitrogen and oxygen atoms in total. The molecule has 6 heteroatoms. The van der Waals surface area contributed by atoms with E-state index in [0.717, 1.165) is 11.9 Å². The largest absolute Gasteiger partial charge is 0.336 e. The van der Waals surface area contributed by atoms with E-state index >= 15 is 0 Å². The molecule has 1 aromatic heterocycles. The van der Waals surface area contributed by atoms with E-state index in [1.165, 1.54) is 0 Å². The fraction of sp³-hybridized carbons (Fsp3) is 0.500. The maximum atomic E-state index is 10.6. The van der Waals surface area contributed by atoms with Crippen molar-refractivity contribution in [2.24, 2.45) is 7.05 Å². The van der Waals surface area contributed by atoms with E-state index in [0.29, 0.717) is 0 Å². The van der Waals surface area contributed by atoms with Gasteiger partial charge in [0.1, 0.15) is 6.61 Å². The van der Waals surface area contributed by atoms with Gasteiger partial charge in [-0.1, -0.05) is 0 Å². The van der Waals surface area contributed by atoms with E-state index in [1.54, 1.807) is 24.1 Å². The van der Waals surface area contributed by atoms with Gasteiger partial charge in [-0.2, -0.15) is 8.42 Å². The van der Waals surface area contributed by atoms with E-state index in [9.17, 15) is 8.42 Å². The fourth-order valence-corrected chi connectivity index (χ4v) is 1.03. The van der Waals surface area contributed by atoms with Gasteiger partial charge in [-0.15, -0.1) is 0 Å². The average Bonchev–Trinajstić information content (AvgIpc) is 2.29. The molecule has 12 heavy (non-hydrogen) atoms. The zero-order valence-electron chi connectivity index (χ0n) is 6.89. The summed E-state index contributed by atoms with van der Waals surface area (Å²) in [5.74, 6) is 0. The summed E-state index contributed by atoms with van der Waals surface area (Å²) in [6.07, 6.45) is 4.16. The minimum absolute atomic E-state index is 0.0370. The van der Waals surface area contributed by atoms with Crippen LogP contribution in [0.5, 0.6) is 0 Å². The van der Waals surface area contributed by atoms with Crippen molar-refractivity contribution in [3.05, 3.63) is 18.2 Å². The third-order valence-electron chi connectivity index (χ3n) is 1.34. The highest BCUT2D eigenvalue weighted by Gasteiger charge is 2.04. The molecule has 0 atom stereocenters. The van der Waals surface area contributed by atoms with Crippen molar-refractivity contribution in [2.45, 2.75) is 6.61 Å². The molecule has 0 saturated carbocycles. The van der Waals surface area contributed by atoms with Gasteiger partial charge in [0.2, 0.25) is 0 Å². The quantitative estimate of drug-likeness (QED) is 0.624. The fourth-order valence-electron chi connectivity index (χ4n) is 0.691. The van der Waals surface area contributed by atoms with Crippen LogP contribution in [0.25, 0.3) is 0 Å². The molecule has 1 aromatic rings. The first-order valence-electron chi connectivity index (χ1n) is 3.28. The summed E-state index contributed by atoms with van der Waals surface area (Å²) in [4.78, 5) is 3.81. The zero-order valence-corrected chi connectivity index (χ0v) is 7.71. The Morgan fingerprint density at radius 1 is 1.67 bits per heavy atom. The molecule has 0 aliphatic carbocycles. The number of nitrogens with zero attached hydrogens (tertiary/aromatic N) is 2. The molecule has 0 aromatic carbocycles. The lowest BCUT2D eigenvalue weighted by Crippen LogP contribution is -2.05. The van der Waals surface area contributed by atoms with Crippen LogP contribution in [0.2, 0.25) is 0 Å². The standard InChI is InChI=1S/C6H10N2O3S/c1-8-5-7-3-6(8)4-11-12(2,9)10/h3,5H,4H2,1-2H3. The van der Waals surface area contributed by atoms with Crippen LogP contribution >= 0.6 is 0 Å². The van der Waals surface area contributed by atoms with Crippen LogP contribution in [0.1, 0.15) is 5.69 Å². The molecule has 0 N–H and O–H groups in total. The van der Waals surface area contributed by atoms with E-state index in [4.69, 9.17) is 0 Å². The Labute approximate surface area is 71.1 Å². The Kier molecular flexibility index (Phi) is 2.49. The normalized spacial score (nSPS) is 11.8. The summed E-state index contributed by atoms with van der Waals surface area (Å²) in [7, 11) is -1.59. The highest BCUT2D eigenvalue weighted by atomic mass is 32.2. The van der Waals surface area contributed by atoms with Gasteiger partial charge in [-0.25, -0.2) is 4.98 Å². The first-order valence-corrected chi connectivity index (χ1v) is 5.10. The molecule has 0 fully saturated rings. The summed E-state index contributed by atoms with van der Waals surface area (Å²) < 4.78 is 27.4. The van der Waals surface area contributed by atoms with E-state index in [2.05, 4.69) is 9.17 Å². The molecule has 0 spiro atoms. The lowest BCUT2D eigenvalue weighted by Gasteiger charge is -2.00. The summed E-state index contributed by atoms with van der Waals surface area (Å²) >= 11 is 0. The van der Waals surface area contributed by atoms with Crippen molar-refractivity contribution in [3.8, 4) is 0 Å². The maximum Gasteiger partial charge on any atom is 0.264 e. The molecule has 0 saturated heterocycles. The van der Waals surface area contributed by atoms with Crippen molar-refractivity contribution in [3.63, 3.8) is 0 Å². The van der Waals surface area contributed by atoms with Crippen molar-refractivity contribution >= 4 is 10.1 Å². The van der Waals surface area contributed by atoms with Gasteiger partial charge in [-0.05, 0) is 0 Å². The van der Waals surface area contributed by atoms with Crippen LogP contribution in [0.15, 0.2) is 12.5 Å². The van der Waals surface area contributed by atoms with E-state index in [1.807, 2.05) is 0 Å². The lowest BCUT2D eigenvalue weighted by atomic mass is 10.5. The molecule has 0 aliphatic rings. The summed E-state index contributed by atoms with van der Waals surface area (Å²) in [6, 6.07) is 0. The molecule has 0 bridgehead atoms. The Balaban J connectivity index is 2.61. The van der Waals surface area contributed by atoms with Crippen LogP contribution in [0.4, 0.5) is 0 Å². The van der Waals surface area contributed by atoms with Crippen molar-refractivity contribution in [2.75, 3.05) is 6.26 Å². The molecule has 68 valence electrons. The molecule has 1 rings (SSSR count). The number of rotatable bonds is 3. The Morgan fingerprint density at radius 3 is 2.75 bits per heavy atom. The summed E-state index contributed by atoms with van der Waals surface area (Å²) in [5.41, 5.74) is 0.723. The number of hydrogen-bond acceptors (Lipinski definition) is 4. The topological polar surface area (TPSA) is 61.2 Å². The van der Waals surface area contributed by atoms with Gasteiger partial charge in [0.05, 0.1) is 24.5 Å². The highest BCUT2D eigenvalue weighted by molar-refractivity contribution is 7.85. The van der Waals surface area contributed by atoms with E-state index in [-0.39, 0.29) is 6.61 Å². The molecule has 0 aliphatic heterocycles. The SMILES string of the molecule is Cn1cncc1COS(C)(=O)=O. The smallest absolute Gasteiger partial charge is 0.264 e. The van der Waals surface area contributed by atoms with Gasteiger partial charge >= 0.3 is 0 Å². The van der Waals surface area contributed by atoms with Gasteiger partial charge in [-0.3, -0.25) is 4.18 Å². The van der Waals surface area contributed by atoms with Crippen molar-refractivity contribution < 1.29 is 12.6 Å². The lowest BCUT2D eigenvalue weighted by molar-refractivity contribution is 0.303. The summed E-state index contributed by atoms with van der Waals surface area (Å²) in [5, 5.41) is 0. The number of aryl methyl sites for hydroxylation is 1. The zero-order chi connectivity index (χ0) is 9.19. The number of imidazole rings is 1. The van der Waals surface area contributed by atoms with Gasteiger partial charge in [0.15, 0.2) is 0 Å². The van der Waals surface area contributed by atoms with Gasteiger partial charge in [0.25, 0.3) is 10.1 Å². The molecule has 0 amide bonds. The first kappa shape index (κ1) is 9.21. The average molecular weight is 190 g/mol. The third kappa shape index (κ3) is 2.63. The molecule has 1 heterocycles. The molecule has 0 radical (unpaired) electrons. The number of aromatic nitrogens is 2. The predicted molar refractivity (Wildman–Crippen MR) is 42.8 cm³/mol. The minimum Gasteiger partial charge on any atom is -0.336 e. The van der Waals surface area contributed by atoms with Crippen molar-refractivity contribution in [1.29, 1.82) is 0 Å². The Morgan fingerprint density at radius 2 is 2.33 bits per heavy atom. The van der Waals surface area contributed by atoms with Gasteiger partial charge in [0, 0.05) is 7.05 Å². The van der Waals surface area contributed by atoms with Crippen LogP contribution < -0.4 is 0 Å². The van der Waals surface area contributed by atoms with Crippen LogP contribution in [-0.2, 0) is 28.0 Å². The second-order valence-corrected chi connectivity index (χ2v) is 4.11. The highest BCUT2D eigenvalue weighted by Crippen LogP contribution is 2.00. The van der Waals surface area contributed by atoms with Crippen LogP contribution in [-0.4, -0.2) is 24.2 Å². The Hall–Kier alpha value is -0.880. The Bertz CT molecular complexity index is 355. The third-order valence-corrected chi connectivity index (χ3v) is 1.88. The van der Waals surface area contributed by atoms with Crippen LogP contribution in [0.3, 0.4) is 0 Å². The molecular formula is C6H10N2O3S. The monoisotopic (exact) mass is 190 g/mol. The molecule has 0 unspecified atom stereocenters. The number of hydrogen-bond donors (Lipinski definition) is 0. The van der Waals surface area contributed by atoms with Crippen molar-refractivity contribution in [1.82, 2.24) is 9.55 Å². The van der Waals surface area contributed by atoms with Gasteiger partial charge < -0.3 is 4.57 Å². The van der Waals surface area contributed by atoms with E-state index < -0.39 is 10.1 Å². The maximum absolute atomic E-state index is 10.6. The summed E-state index contributed by atoms with van der Waals surface area (Å²) in [6.45, 7) is 0.0370. The minimum atomic E-state index is -3.36. The van der Waals surface area contributed by atoms with Crippen LogP contribution in [0, 0.1) is 0 Å². The second kappa shape index (κ2) is 3.24.